The summed E-state index contributed by atoms with van der Waals surface area (Å²) in [7, 11) is 0. The first-order chi connectivity index (χ1) is 9.08. The molecule has 1 saturated heterocycles. The Morgan fingerprint density at radius 3 is 2.63 bits per heavy atom. The predicted octanol–water partition coefficient (Wildman–Crippen LogP) is 1.28. The van der Waals surface area contributed by atoms with Crippen LogP contribution in [0.25, 0.3) is 0 Å². The molecule has 1 atom stereocenters. The lowest BCUT2D eigenvalue weighted by Crippen LogP contribution is -2.46. The maximum atomic E-state index is 12.7. The van der Waals surface area contributed by atoms with Crippen LogP contribution >= 0.6 is 0 Å². The van der Waals surface area contributed by atoms with Crippen LogP contribution in [0.3, 0.4) is 0 Å². The fourth-order valence-electron chi connectivity index (χ4n) is 2.17. The van der Waals surface area contributed by atoms with E-state index in [0.717, 1.165) is 6.42 Å². The van der Waals surface area contributed by atoms with Crippen molar-refractivity contribution in [3.63, 3.8) is 0 Å². The summed E-state index contributed by atoms with van der Waals surface area (Å²) >= 11 is 0. The Hall–Kier alpha value is -2.11. The average Bonchev–Trinajstić information content (AvgIpc) is 2.87. The fraction of sp³-hybridized carbons (Fsp3) is 0.385. The van der Waals surface area contributed by atoms with Gasteiger partial charge in [0.05, 0.1) is 5.69 Å². The Bertz CT molecular complexity index is 475. The first kappa shape index (κ1) is 13.3. The van der Waals surface area contributed by atoms with Crippen LogP contribution in [0.1, 0.15) is 19.8 Å². The number of carbonyl (C=O) groups is 2. The van der Waals surface area contributed by atoms with Crippen molar-refractivity contribution >= 4 is 17.5 Å². The molecule has 1 aromatic rings. The molecule has 1 unspecified atom stereocenters. The van der Waals surface area contributed by atoms with Crippen molar-refractivity contribution in [1.82, 2.24) is 10.3 Å². The number of nitrogens with one attached hydrogen (secondary N) is 2. The minimum atomic E-state index is -0.426. The molecule has 0 spiro atoms. The van der Waals surface area contributed by atoms with E-state index < -0.39 is 6.04 Å². The van der Waals surface area contributed by atoms with Gasteiger partial charge in [-0.15, -0.1) is 0 Å². The normalized spacial score (nSPS) is 18.2. The molecule has 1 heterocycles. The fourth-order valence-corrected chi connectivity index (χ4v) is 2.17. The van der Waals surface area contributed by atoms with Gasteiger partial charge >= 0.3 is 0 Å². The molecule has 102 valence electrons. The highest BCUT2D eigenvalue weighted by molar-refractivity contribution is 5.88. The zero-order valence-corrected chi connectivity index (χ0v) is 10.6. The number of likely N-dealkylation sites (tertiary alicyclic amines) is 1. The summed E-state index contributed by atoms with van der Waals surface area (Å²) < 4.78 is 12.7. The Balaban J connectivity index is 1.90. The summed E-state index contributed by atoms with van der Waals surface area (Å²) in [6, 6.07) is 5.21. The van der Waals surface area contributed by atoms with Crippen molar-refractivity contribution < 1.29 is 14.0 Å². The summed E-state index contributed by atoms with van der Waals surface area (Å²) in [5.41, 5.74) is 5.83. The van der Waals surface area contributed by atoms with Crippen molar-refractivity contribution in [1.29, 1.82) is 0 Å². The van der Waals surface area contributed by atoms with E-state index in [-0.39, 0.29) is 17.6 Å². The number of anilines is 1. The molecule has 1 aliphatic heterocycles. The minimum Gasteiger partial charge on any atom is -0.331 e. The quantitative estimate of drug-likeness (QED) is 0.809. The van der Waals surface area contributed by atoms with Gasteiger partial charge in [-0.25, -0.2) is 4.39 Å². The average molecular weight is 265 g/mol. The summed E-state index contributed by atoms with van der Waals surface area (Å²) in [5, 5.41) is 0. The maximum Gasteiger partial charge on any atom is 0.261 e. The highest BCUT2D eigenvalue weighted by atomic mass is 19.1. The van der Waals surface area contributed by atoms with E-state index in [2.05, 4.69) is 10.9 Å². The summed E-state index contributed by atoms with van der Waals surface area (Å²) in [6.45, 7) is 2.07. The van der Waals surface area contributed by atoms with Crippen LogP contribution in [0.5, 0.6) is 0 Å². The van der Waals surface area contributed by atoms with Gasteiger partial charge < -0.3 is 4.90 Å². The smallest absolute Gasteiger partial charge is 0.261 e. The van der Waals surface area contributed by atoms with E-state index >= 15 is 0 Å². The Morgan fingerprint density at radius 1 is 1.32 bits per heavy atom. The molecule has 2 rings (SSSR count). The molecular weight excluding hydrogens is 249 g/mol. The van der Waals surface area contributed by atoms with Crippen LogP contribution in [-0.4, -0.2) is 29.3 Å². The Labute approximate surface area is 110 Å². The van der Waals surface area contributed by atoms with Gasteiger partial charge in [0.1, 0.15) is 11.9 Å². The number of rotatable bonds is 3. The molecule has 19 heavy (non-hydrogen) atoms. The van der Waals surface area contributed by atoms with Gasteiger partial charge in [0, 0.05) is 13.5 Å². The largest absolute Gasteiger partial charge is 0.331 e. The molecule has 5 nitrogen and oxygen atoms in total. The molecule has 2 amide bonds. The molecule has 2 N–H and O–H groups in total. The third-order valence-electron chi connectivity index (χ3n) is 3.13. The number of hydrogen-bond donors (Lipinski definition) is 2. The van der Waals surface area contributed by atoms with E-state index in [1.807, 2.05) is 0 Å². The molecule has 1 fully saturated rings. The lowest BCUT2D eigenvalue weighted by Gasteiger charge is -2.22. The summed E-state index contributed by atoms with van der Waals surface area (Å²) in [5.74, 6) is -0.688. The second kappa shape index (κ2) is 5.69. The van der Waals surface area contributed by atoms with Gasteiger partial charge in [-0.1, -0.05) is 0 Å². The number of amides is 2. The lowest BCUT2D eigenvalue weighted by atomic mass is 10.2. The molecular formula is C13H16FN3O2. The minimum absolute atomic E-state index is 0.0977. The van der Waals surface area contributed by atoms with Gasteiger partial charge in [-0.05, 0) is 37.1 Å². The van der Waals surface area contributed by atoms with Crippen LogP contribution in [-0.2, 0) is 9.59 Å². The van der Waals surface area contributed by atoms with Crippen molar-refractivity contribution in [3.8, 4) is 0 Å². The molecule has 0 bridgehead atoms. The third-order valence-corrected chi connectivity index (χ3v) is 3.13. The Morgan fingerprint density at radius 2 is 2.00 bits per heavy atom. The van der Waals surface area contributed by atoms with Crippen LogP contribution in [0.15, 0.2) is 24.3 Å². The third kappa shape index (κ3) is 3.21. The molecule has 1 aliphatic rings. The highest BCUT2D eigenvalue weighted by Gasteiger charge is 2.32. The second-order valence-corrected chi connectivity index (χ2v) is 4.49. The molecule has 0 saturated carbocycles. The first-order valence-electron chi connectivity index (χ1n) is 6.16. The standard InChI is InChI=1S/C13H16FN3O2/c1-9(18)17-8-2-3-12(17)13(19)16-15-11-6-4-10(14)5-7-11/h4-7,12,15H,2-3,8H2,1H3,(H,16,19). The topological polar surface area (TPSA) is 61.4 Å². The van der Waals surface area contributed by atoms with Crippen LogP contribution < -0.4 is 10.9 Å². The second-order valence-electron chi connectivity index (χ2n) is 4.49. The molecule has 0 aromatic heterocycles. The van der Waals surface area contributed by atoms with E-state index in [1.54, 1.807) is 4.90 Å². The molecule has 1 aromatic carbocycles. The van der Waals surface area contributed by atoms with Crippen LogP contribution in [0.2, 0.25) is 0 Å². The summed E-state index contributed by atoms with van der Waals surface area (Å²) in [6.07, 6.45) is 1.49. The number of nitrogens with zero attached hydrogens (tertiary/aromatic N) is 1. The van der Waals surface area contributed by atoms with Gasteiger partial charge in [0.15, 0.2) is 0 Å². The highest BCUT2D eigenvalue weighted by Crippen LogP contribution is 2.17. The van der Waals surface area contributed by atoms with E-state index in [9.17, 15) is 14.0 Å². The van der Waals surface area contributed by atoms with Gasteiger partial charge in [-0.2, -0.15) is 0 Å². The van der Waals surface area contributed by atoms with Crippen molar-refractivity contribution in [3.05, 3.63) is 30.1 Å². The molecule has 0 radical (unpaired) electrons. The zero-order valence-electron chi connectivity index (χ0n) is 10.6. The zero-order chi connectivity index (χ0) is 13.8. The van der Waals surface area contributed by atoms with Crippen LogP contribution in [0, 0.1) is 5.82 Å². The Kier molecular flexibility index (Phi) is 3.99. The molecule has 6 heteroatoms. The number of halogens is 1. The van der Waals surface area contributed by atoms with E-state index in [0.29, 0.717) is 18.7 Å². The number of hydrogen-bond acceptors (Lipinski definition) is 3. The van der Waals surface area contributed by atoms with Crippen LogP contribution in [0.4, 0.5) is 10.1 Å². The predicted molar refractivity (Wildman–Crippen MR) is 68.6 cm³/mol. The monoisotopic (exact) mass is 265 g/mol. The van der Waals surface area contributed by atoms with E-state index in [1.165, 1.54) is 31.2 Å². The number of hydrazine groups is 1. The van der Waals surface area contributed by atoms with Crippen molar-refractivity contribution in [2.45, 2.75) is 25.8 Å². The maximum absolute atomic E-state index is 12.7. The first-order valence-corrected chi connectivity index (χ1v) is 6.16. The lowest BCUT2D eigenvalue weighted by molar-refractivity contribution is -0.136. The van der Waals surface area contributed by atoms with Crippen molar-refractivity contribution in [2.75, 3.05) is 12.0 Å². The number of carbonyl (C=O) groups excluding carboxylic acids is 2. The van der Waals surface area contributed by atoms with Gasteiger partial charge in [-0.3, -0.25) is 20.4 Å². The van der Waals surface area contributed by atoms with Gasteiger partial charge in [0.2, 0.25) is 5.91 Å². The van der Waals surface area contributed by atoms with Gasteiger partial charge in [0.25, 0.3) is 5.91 Å². The summed E-state index contributed by atoms with van der Waals surface area (Å²) in [4.78, 5) is 24.9. The van der Waals surface area contributed by atoms with E-state index in [4.69, 9.17) is 0 Å². The van der Waals surface area contributed by atoms with Crippen molar-refractivity contribution in [2.24, 2.45) is 0 Å². The number of benzene rings is 1. The SMILES string of the molecule is CC(=O)N1CCCC1C(=O)NNc1ccc(F)cc1. The molecule has 0 aliphatic carbocycles.